The molecule has 2 N–H and O–H groups in total. The van der Waals surface area contributed by atoms with Gasteiger partial charge in [-0.05, 0) is 42.2 Å². The van der Waals surface area contributed by atoms with E-state index in [0.717, 1.165) is 11.1 Å². The SMILES string of the molecule is CC(=O)NCCN(Cc1cccc(-c2ccccc2C)c1)C(C)C(=O)O. The zero-order valence-electron chi connectivity index (χ0n) is 15.5. The zero-order valence-corrected chi connectivity index (χ0v) is 15.5. The largest absolute Gasteiger partial charge is 0.480 e. The van der Waals surface area contributed by atoms with E-state index in [1.807, 2.05) is 29.2 Å². The molecule has 0 aromatic heterocycles. The molecule has 5 nitrogen and oxygen atoms in total. The highest BCUT2D eigenvalue weighted by Crippen LogP contribution is 2.24. The molecule has 1 amide bonds. The fraction of sp³-hybridized carbons (Fsp3) is 0.333. The Bertz CT molecular complexity index is 773. The van der Waals surface area contributed by atoms with Crippen LogP contribution in [0.1, 0.15) is 25.0 Å². The summed E-state index contributed by atoms with van der Waals surface area (Å²) in [6.45, 7) is 6.60. The topological polar surface area (TPSA) is 69.6 Å². The molecule has 26 heavy (non-hydrogen) atoms. The normalized spacial score (nSPS) is 12.0. The molecule has 1 atom stereocenters. The Balaban J connectivity index is 2.19. The van der Waals surface area contributed by atoms with Gasteiger partial charge in [0.15, 0.2) is 0 Å². The van der Waals surface area contributed by atoms with Gasteiger partial charge in [-0.25, -0.2) is 0 Å². The van der Waals surface area contributed by atoms with Crippen LogP contribution in [-0.2, 0) is 16.1 Å². The lowest BCUT2D eigenvalue weighted by Gasteiger charge is -2.26. The number of rotatable bonds is 8. The molecule has 0 heterocycles. The molecule has 1 unspecified atom stereocenters. The van der Waals surface area contributed by atoms with Gasteiger partial charge in [0.25, 0.3) is 0 Å². The minimum Gasteiger partial charge on any atom is -0.480 e. The van der Waals surface area contributed by atoms with E-state index in [9.17, 15) is 14.7 Å². The fourth-order valence-electron chi connectivity index (χ4n) is 2.91. The minimum absolute atomic E-state index is 0.116. The van der Waals surface area contributed by atoms with Crippen molar-refractivity contribution in [2.24, 2.45) is 0 Å². The van der Waals surface area contributed by atoms with Gasteiger partial charge in [-0.1, -0.05) is 42.5 Å². The number of aliphatic carboxylic acids is 1. The first kappa shape index (κ1) is 19.7. The van der Waals surface area contributed by atoms with Crippen molar-refractivity contribution in [1.82, 2.24) is 10.2 Å². The van der Waals surface area contributed by atoms with Gasteiger partial charge in [-0.15, -0.1) is 0 Å². The average Bonchev–Trinajstić information content (AvgIpc) is 2.60. The number of benzene rings is 2. The number of carbonyl (C=O) groups is 2. The summed E-state index contributed by atoms with van der Waals surface area (Å²) in [6.07, 6.45) is 0. The Hall–Kier alpha value is -2.66. The van der Waals surface area contributed by atoms with E-state index in [4.69, 9.17) is 0 Å². The van der Waals surface area contributed by atoms with Crippen LogP contribution in [-0.4, -0.2) is 41.0 Å². The highest BCUT2D eigenvalue weighted by molar-refractivity contribution is 5.73. The molecule has 0 aliphatic carbocycles. The second-order valence-electron chi connectivity index (χ2n) is 6.48. The molecule has 0 saturated carbocycles. The van der Waals surface area contributed by atoms with Crippen LogP contribution in [0.5, 0.6) is 0 Å². The summed E-state index contributed by atoms with van der Waals surface area (Å²) in [5.74, 6) is -0.989. The quantitative estimate of drug-likeness (QED) is 0.764. The van der Waals surface area contributed by atoms with E-state index in [-0.39, 0.29) is 5.91 Å². The first-order chi connectivity index (χ1) is 12.4. The number of nitrogens with one attached hydrogen (secondary N) is 1. The van der Waals surface area contributed by atoms with E-state index in [2.05, 4.69) is 36.5 Å². The molecule has 0 spiro atoms. The molecule has 2 rings (SSSR count). The third-order valence-corrected chi connectivity index (χ3v) is 4.45. The van der Waals surface area contributed by atoms with Crippen molar-refractivity contribution in [2.45, 2.75) is 33.4 Å². The number of carboxylic acids is 1. The molecular formula is C21H26N2O3. The van der Waals surface area contributed by atoms with E-state index in [1.54, 1.807) is 6.92 Å². The summed E-state index contributed by atoms with van der Waals surface area (Å²) in [5.41, 5.74) is 4.53. The van der Waals surface area contributed by atoms with Crippen LogP contribution in [0.25, 0.3) is 11.1 Å². The van der Waals surface area contributed by atoms with E-state index < -0.39 is 12.0 Å². The molecule has 5 heteroatoms. The molecule has 138 valence electrons. The lowest BCUT2D eigenvalue weighted by Crippen LogP contribution is -2.42. The Labute approximate surface area is 154 Å². The smallest absolute Gasteiger partial charge is 0.320 e. The molecule has 0 aliphatic heterocycles. The summed E-state index contributed by atoms with van der Waals surface area (Å²) < 4.78 is 0. The van der Waals surface area contributed by atoms with Gasteiger partial charge in [-0.2, -0.15) is 0 Å². The number of amides is 1. The Morgan fingerprint density at radius 3 is 2.54 bits per heavy atom. The number of nitrogens with zero attached hydrogens (tertiary/aromatic N) is 1. The average molecular weight is 354 g/mol. The van der Waals surface area contributed by atoms with Gasteiger partial charge in [0, 0.05) is 26.6 Å². The van der Waals surface area contributed by atoms with Crippen molar-refractivity contribution in [1.29, 1.82) is 0 Å². The first-order valence-electron chi connectivity index (χ1n) is 8.74. The predicted octanol–water partition coefficient (Wildman–Crippen LogP) is 3.07. The van der Waals surface area contributed by atoms with Crippen molar-refractivity contribution >= 4 is 11.9 Å². The zero-order chi connectivity index (χ0) is 19.1. The van der Waals surface area contributed by atoms with Crippen LogP contribution in [0.3, 0.4) is 0 Å². The van der Waals surface area contributed by atoms with Gasteiger partial charge in [0.05, 0.1) is 0 Å². The van der Waals surface area contributed by atoms with Gasteiger partial charge >= 0.3 is 5.97 Å². The maximum atomic E-state index is 11.4. The van der Waals surface area contributed by atoms with Crippen LogP contribution in [0.2, 0.25) is 0 Å². The lowest BCUT2D eigenvalue weighted by atomic mass is 9.99. The van der Waals surface area contributed by atoms with Crippen LogP contribution in [0.15, 0.2) is 48.5 Å². The molecular weight excluding hydrogens is 328 g/mol. The number of hydrogen-bond acceptors (Lipinski definition) is 3. The second kappa shape index (κ2) is 9.15. The van der Waals surface area contributed by atoms with Crippen molar-refractivity contribution in [3.05, 3.63) is 59.7 Å². The number of hydrogen-bond donors (Lipinski definition) is 2. The van der Waals surface area contributed by atoms with Crippen molar-refractivity contribution < 1.29 is 14.7 Å². The van der Waals surface area contributed by atoms with Crippen LogP contribution < -0.4 is 5.32 Å². The van der Waals surface area contributed by atoms with E-state index >= 15 is 0 Å². The molecule has 2 aromatic carbocycles. The summed E-state index contributed by atoms with van der Waals surface area (Å²) in [7, 11) is 0. The number of carboxylic acid groups (broad SMARTS) is 1. The first-order valence-corrected chi connectivity index (χ1v) is 8.74. The fourth-order valence-corrected chi connectivity index (χ4v) is 2.91. The van der Waals surface area contributed by atoms with Gasteiger partial charge < -0.3 is 10.4 Å². The Kier molecular flexibility index (Phi) is 6.92. The van der Waals surface area contributed by atoms with Crippen molar-refractivity contribution in [3.8, 4) is 11.1 Å². The van der Waals surface area contributed by atoms with Gasteiger partial charge in [-0.3, -0.25) is 14.5 Å². The maximum absolute atomic E-state index is 11.4. The van der Waals surface area contributed by atoms with Crippen LogP contribution in [0, 0.1) is 6.92 Å². The standard InChI is InChI=1S/C21H26N2O3/c1-15-7-4-5-10-20(15)19-9-6-8-18(13-19)14-23(16(2)21(25)26)12-11-22-17(3)24/h4-10,13,16H,11-12,14H2,1-3H3,(H,22,24)(H,25,26). The highest BCUT2D eigenvalue weighted by Gasteiger charge is 2.20. The Morgan fingerprint density at radius 1 is 1.15 bits per heavy atom. The van der Waals surface area contributed by atoms with Gasteiger partial charge in [0.2, 0.25) is 5.91 Å². The third kappa shape index (κ3) is 5.43. The van der Waals surface area contributed by atoms with E-state index in [1.165, 1.54) is 18.1 Å². The molecule has 0 fully saturated rings. The summed E-state index contributed by atoms with van der Waals surface area (Å²) in [4.78, 5) is 24.4. The second-order valence-corrected chi connectivity index (χ2v) is 6.48. The van der Waals surface area contributed by atoms with Gasteiger partial charge in [0.1, 0.15) is 6.04 Å². The van der Waals surface area contributed by atoms with Crippen LogP contribution in [0.4, 0.5) is 0 Å². The Morgan fingerprint density at radius 2 is 1.88 bits per heavy atom. The maximum Gasteiger partial charge on any atom is 0.320 e. The highest BCUT2D eigenvalue weighted by atomic mass is 16.4. The molecule has 0 aliphatic rings. The summed E-state index contributed by atoms with van der Waals surface area (Å²) >= 11 is 0. The van der Waals surface area contributed by atoms with Crippen molar-refractivity contribution in [2.75, 3.05) is 13.1 Å². The molecule has 0 saturated heterocycles. The van der Waals surface area contributed by atoms with Crippen LogP contribution >= 0.6 is 0 Å². The number of aryl methyl sites for hydroxylation is 1. The summed E-state index contributed by atoms with van der Waals surface area (Å²) in [5, 5.41) is 12.1. The molecule has 0 bridgehead atoms. The minimum atomic E-state index is -0.872. The predicted molar refractivity (Wildman–Crippen MR) is 103 cm³/mol. The number of carbonyl (C=O) groups excluding carboxylic acids is 1. The van der Waals surface area contributed by atoms with Crippen molar-refractivity contribution in [3.63, 3.8) is 0 Å². The molecule has 0 radical (unpaired) electrons. The summed E-state index contributed by atoms with van der Waals surface area (Å²) in [6, 6.07) is 15.7. The third-order valence-electron chi connectivity index (χ3n) is 4.45. The molecule has 2 aromatic rings. The van der Waals surface area contributed by atoms with E-state index in [0.29, 0.717) is 19.6 Å². The monoisotopic (exact) mass is 354 g/mol. The lowest BCUT2D eigenvalue weighted by molar-refractivity contribution is -0.142.